The number of ether oxygens (including phenoxy) is 1. The van der Waals surface area contributed by atoms with Crippen LogP contribution in [0, 0.1) is 0 Å². The monoisotopic (exact) mass is 380 g/mol. The van der Waals surface area contributed by atoms with Gasteiger partial charge in [-0.15, -0.1) is 0 Å². The molecule has 0 aliphatic carbocycles. The molecular weight excluding hydrogens is 352 g/mol. The Morgan fingerprint density at radius 3 is 2.54 bits per heavy atom. The molecule has 1 atom stereocenters. The van der Waals surface area contributed by atoms with Gasteiger partial charge in [0.2, 0.25) is 5.91 Å². The quantitative estimate of drug-likeness (QED) is 0.733. The van der Waals surface area contributed by atoms with Gasteiger partial charge in [0.15, 0.2) is 0 Å². The van der Waals surface area contributed by atoms with Gasteiger partial charge in [-0.2, -0.15) is 0 Å². The highest BCUT2D eigenvalue weighted by Crippen LogP contribution is 2.17. The average molecular weight is 380 g/mol. The smallest absolute Gasteiger partial charge is 0.253 e. The lowest BCUT2D eigenvalue weighted by Gasteiger charge is -2.14. The van der Waals surface area contributed by atoms with Crippen LogP contribution in [0.15, 0.2) is 48.5 Å². The largest absolute Gasteiger partial charge is 0.376 e. The topological polar surface area (TPSA) is 67.4 Å². The number of hydrogen-bond acceptors (Lipinski definition) is 3. The van der Waals surface area contributed by atoms with Gasteiger partial charge in [-0.3, -0.25) is 9.59 Å². The van der Waals surface area contributed by atoms with Crippen molar-refractivity contribution in [1.82, 2.24) is 5.32 Å². The van der Waals surface area contributed by atoms with E-state index in [0.29, 0.717) is 30.6 Å². The predicted molar refractivity (Wildman–Crippen MR) is 111 cm³/mol. The Balaban J connectivity index is 1.54. The molecule has 148 valence electrons. The molecule has 5 heteroatoms. The molecule has 2 aromatic rings. The fraction of sp³-hybridized carbons (Fsp3) is 0.391. The molecule has 0 aromatic heterocycles. The number of para-hydroxylation sites is 1. The number of amides is 2. The minimum Gasteiger partial charge on any atom is -0.376 e. The van der Waals surface area contributed by atoms with Gasteiger partial charge in [0.1, 0.15) is 0 Å². The van der Waals surface area contributed by atoms with Crippen LogP contribution in [0.3, 0.4) is 0 Å². The Hall–Kier alpha value is -2.66. The first-order chi connectivity index (χ1) is 13.7. The van der Waals surface area contributed by atoms with Gasteiger partial charge in [-0.05, 0) is 48.9 Å². The standard InChI is InChI=1S/C23H28N2O3/c1-2-17-9-11-18(12-10-17)13-14-22(26)25-21-8-4-3-7-20(21)23(27)24-16-19-6-5-15-28-19/h3-4,7-12,19H,2,5-6,13-16H2,1H3,(H,24,27)(H,25,26). The molecular formula is C23H28N2O3. The summed E-state index contributed by atoms with van der Waals surface area (Å²) in [5.74, 6) is -0.291. The van der Waals surface area contributed by atoms with Crippen LogP contribution in [0.2, 0.25) is 0 Å². The zero-order valence-corrected chi connectivity index (χ0v) is 16.4. The normalized spacial score (nSPS) is 16.0. The molecule has 1 fully saturated rings. The molecule has 0 bridgehead atoms. The zero-order valence-electron chi connectivity index (χ0n) is 16.4. The van der Waals surface area contributed by atoms with E-state index in [0.717, 1.165) is 31.4 Å². The predicted octanol–water partition coefficient (Wildman–Crippen LogP) is 3.73. The van der Waals surface area contributed by atoms with Crippen LogP contribution in [0.4, 0.5) is 5.69 Å². The Bertz CT molecular complexity index is 796. The Morgan fingerprint density at radius 1 is 1.07 bits per heavy atom. The van der Waals surface area contributed by atoms with Crippen LogP contribution in [0.5, 0.6) is 0 Å². The van der Waals surface area contributed by atoms with Gasteiger partial charge in [0, 0.05) is 19.6 Å². The first-order valence-electron chi connectivity index (χ1n) is 10.0. The van der Waals surface area contributed by atoms with Crippen molar-refractivity contribution in [3.8, 4) is 0 Å². The van der Waals surface area contributed by atoms with E-state index in [1.807, 2.05) is 6.07 Å². The van der Waals surface area contributed by atoms with Gasteiger partial charge in [-0.1, -0.05) is 43.3 Å². The maximum Gasteiger partial charge on any atom is 0.253 e. The number of nitrogens with one attached hydrogen (secondary N) is 2. The van der Waals surface area contributed by atoms with Gasteiger partial charge in [-0.25, -0.2) is 0 Å². The third kappa shape index (κ3) is 5.67. The van der Waals surface area contributed by atoms with Crippen molar-refractivity contribution < 1.29 is 14.3 Å². The molecule has 2 N–H and O–H groups in total. The molecule has 1 heterocycles. The molecule has 0 radical (unpaired) electrons. The lowest BCUT2D eigenvalue weighted by atomic mass is 10.1. The van der Waals surface area contributed by atoms with E-state index < -0.39 is 0 Å². The summed E-state index contributed by atoms with van der Waals surface area (Å²) in [5.41, 5.74) is 3.44. The number of carbonyl (C=O) groups is 2. The van der Waals surface area contributed by atoms with E-state index in [1.54, 1.807) is 18.2 Å². The molecule has 2 aromatic carbocycles. The number of aryl methyl sites for hydroxylation is 2. The number of hydrogen-bond donors (Lipinski definition) is 2. The molecule has 28 heavy (non-hydrogen) atoms. The lowest BCUT2D eigenvalue weighted by molar-refractivity contribution is -0.116. The first kappa shape index (κ1) is 20.1. The van der Waals surface area contributed by atoms with Crippen LogP contribution in [-0.4, -0.2) is 31.1 Å². The summed E-state index contributed by atoms with van der Waals surface area (Å²) in [6.45, 7) is 3.38. The lowest BCUT2D eigenvalue weighted by Crippen LogP contribution is -2.32. The van der Waals surface area contributed by atoms with E-state index in [2.05, 4.69) is 41.8 Å². The third-order valence-corrected chi connectivity index (χ3v) is 5.03. The summed E-state index contributed by atoms with van der Waals surface area (Å²) in [6.07, 6.45) is 4.14. The summed E-state index contributed by atoms with van der Waals surface area (Å²) in [4.78, 5) is 24.9. The van der Waals surface area contributed by atoms with Crippen molar-refractivity contribution >= 4 is 17.5 Å². The number of anilines is 1. The van der Waals surface area contributed by atoms with Gasteiger partial charge in [0.25, 0.3) is 5.91 Å². The van der Waals surface area contributed by atoms with E-state index in [-0.39, 0.29) is 17.9 Å². The minimum absolute atomic E-state index is 0.0878. The number of carbonyl (C=O) groups excluding carboxylic acids is 2. The summed E-state index contributed by atoms with van der Waals surface area (Å²) in [7, 11) is 0. The van der Waals surface area contributed by atoms with E-state index in [1.165, 1.54) is 5.56 Å². The highest BCUT2D eigenvalue weighted by Gasteiger charge is 2.18. The van der Waals surface area contributed by atoms with E-state index >= 15 is 0 Å². The van der Waals surface area contributed by atoms with Crippen molar-refractivity contribution in [1.29, 1.82) is 0 Å². The van der Waals surface area contributed by atoms with Crippen LogP contribution in [0.1, 0.15) is 47.7 Å². The molecule has 1 unspecified atom stereocenters. The Kier molecular flexibility index (Phi) is 7.20. The zero-order chi connectivity index (χ0) is 19.8. The minimum atomic E-state index is -0.193. The Labute approximate surface area is 166 Å². The molecule has 3 rings (SSSR count). The van der Waals surface area contributed by atoms with Crippen LogP contribution >= 0.6 is 0 Å². The summed E-state index contributed by atoms with van der Waals surface area (Å²) >= 11 is 0. The van der Waals surface area contributed by atoms with Crippen molar-refractivity contribution in [3.63, 3.8) is 0 Å². The van der Waals surface area contributed by atoms with E-state index in [9.17, 15) is 9.59 Å². The van der Waals surface area contributed by atoms with Gasteiger partial charge < -0.3 is 15.4 Å². The summed E-state index contributed by atoms with van der Waals surface area (Å²) in [6, 6.07) is 15.4. The van der Waals surface area contributed by atoms with Gasteiger partial charge >= 0.3 is 0 Å². The SMILES string of the molecule is CCc1ccc(CCC(=O)Nc2ccccc2C(=O)NCC2CCCO2)cc1. The molecule has 5 nitrogen and oxygen atoms in total. The summed E-state index contributed by atoms with van der Waals surface area (Å²) < 4.78 is 5.54. The van der Waals surface area contributed by atoms with Gasteiger partial charge in [0.05, 0.1) is 17.4 Å². The molecule has 0 spiro atoms. The fourth-order valence-electron chi connectivity index (χ4n) is 3.31. The fourth-order valence-corrected chi connectivity index (χ4v) is 3.31. The first-order valence-corrected chi connectivity index (χ1v) is 10.0. The second kappa shape index (κ2) is 10.0. The highest BCUT2D eigenvalue weighted by atomic mass is 16.5. The van der Waals surface area contributed by atoms with Crippen molar-refractivity contribution in [2.75, 3.05) is 18.5 Å². The third-order valence-electron chi connectivity index (χ3n) is 5.03. The average Bonchev–Trinajstić information content (AvgIpc) is 3.25. The molecule has 0 saturated carbocycles. The second-order valence-corrected chi connectivity index (χ2v) is 7.11. The highest BCUT2D eigenvalue weighted by molar-refractivity contribution is 6.03. The molecule has 1 aliphatic rings. The Morgan fingerprint density at radius 2 is 1.82 bits per heavy atom. The van der Waals surface area contributed by atoms with E-state index in [4.69, 9.17) is 4.74 Å². The second-order valence-electron chi connectivity index (χ2n) is 7.11. The maximum absolute atomic E-state index is 12.5. The number of benzene rings is 2. The van der Waals surface area contributed by atoms with Crippen LogP contribution in [-0.2, 0) is 22.4 Å². The summed E-state index contributed by atoms with van der Waals surface area (Å²) in [5, 5.41) is 5.79. The van der Waals surface area contributed by atoms with Crippen LogP contribution < -0.4 is 10.6 Å². The maximum atomic E-state index is 12.5. The molecule has 1 aliphatic heterocycles. The van der Waals surface area contributed by atoms with Crippen molar-refractivity contribution in [3.05, 3.63) is 65.2 Å². The van der Waals surface area contributed by atoms with Crippen molar-refractivity contribution in [2.24, 2.45) is 0 Å². The van der Waals surface area contributed by atoms with Crippen LogP contribution in [0.25, 0.3) is 0 Å². The molecule has 1 saturated heterocycles. The van der Waals surface area contributed by atoms with Crippen molar-refractivity contribution in [2.45, 2.75) is 45.1 Å². The molecule has 2 amide bonds. The number of rotatable bonds is 8.